The molecule has 1 aliphatic rings. The minimum Gasteiger partial charge on any atom is -0.494 e. The van der Waals surface area contributed by atoms with Gasteiger partial charge in [0.25, 0.3) is 5.91 Å². The summed E-state index contributed by atoms with van der Waals surface area (Å²) in [6, 6.07) is 3.83. The molecule has 1 aromatic rings. The van der Waals surface area contributed by atoms with Gasteiger partial charge in [0, 0.05) is 18.7 Å². The van der Waals surface area contributed by atoms with Crippen molar-refractivity contribution in [3.05, 3.63) is 29.6 Å². The van der Waals surface area contributed by atoms with Crippen LogP contribution in [0, 0.1) is 5.82 Å². The predicted octanol–water partition coefficient (Wildman–Crippen LogP) is 2.42. The molecule has 0 radical (unpaired) electrons. The van der Waals surface area contributed by atoms with Crippen LogP contribution in [0.1, 0.15) is 36.0 Å². The second-order valence-electron chi connectivity index (χ2n) is 4.88. The van der Waals surface area contributed by atoms with Crippen molar-refractivity contribution in [2.24, 2.45) is 0 Å². The first-order valence-corrected chi connectivity index (χ1v) is 6.80. The van der Waals surface area contributed by atoms with Gasteiger partial charge in [-0.15, -0.1) is 0 Å². The summed E-state index contributed by atoms with van der Waals surface area (Å²) in [6.45, 7) is 1.20. The van der Waals surface area contributed by atoms with E-state index >= 15 is 0 Å². The number of amides is 1. The minimum atomic E-state index is -0.659. The van der Waals surface area contributed by atoms with E-state index in [1.54, 1.807) is 4.90 Å². The third-order valence-corrected chi connectivity index (χ3v) is 3.50. The summed E-state index contributed by atoms with van der Waals surface area (Å²) >= 11 is 0. The standard InChI is InChI=1S/C15H18FNO3/c1-20-13-7-6-11(10-12(13)16)14(18)15(19)17-8-4-2-3-5-9-17/h6-7,10H,2-5,8-9H2,1H3. The zero-order valence-electron chi connectivity index (χ0n) is 11.5. The molecule has 4 nitrogen and oxygen atoms in total. The number of ether oxygens (including phenoxy) is 1. The Labute approximate surface area is 117 Å². The van der Waals surface area contributed by atoms with Gasteiger partial charge in [-0.3, -0.25) is 9.59 Å². The molecule has 1 saturated heterocycles. The molecule has 1 fully saturated rings. The van der Waals surface area contributed by atoms with Gasteiger partial charge in [-0.1, -0.05) is 12.8 Å². The fraction of sp³-hybridized carbons (Fsp3) is 0.467. The zero-order chi connectivity index (χ0) is 14.5. The van der Waals surface area contributed by atoms with Crippen molar-refractivity contribution in [1.82, 2.24) is 4.90 Å². The van der Waals surface area contributed by atoms with Crippen molar-refractivity contribution < 1.29 is 18.7 Å². The molecule has 20 heavy (non-hydrogen) atoms. The number of hydrogen-bond donors (Lipinski definition) is 0. The topological polar surface area (TPSA) is 46.6 Å². The Morgan fingerprint density at radius 2 is 1.80 bits per heavy atom. The molecule has 1 aliphatic heterocycles. The monoisotopic (exact) mass is 279 g/mol. The molecule has 0 N–H and O–H groups in total. The number of nitrogens with zero attached hydrogens (tertiary/aromatic N) is 1. The maximum Gasteiger partial charge on any atom is 0.294 e. The Kier molecular flexibility index (Phi) is 4.71. The van der Waals surface area contributed by atoms with Crippen LogP contribution >= 0.6 is 0 Å². The highest BCUT2D eigenvalue weighted by Gasteiger charge is 2.24. The van der Waals surface area contributed by atoms with Gasteiger partial charge >= 0.3 is 0 Å². The van der Waals surface area contributed by atoms with E-state index in [0.717, 1.165) is 31.7 Å². The van der Waals surface area contributed by atoms with Gasteiger partial charge in [-0.05, 0) is 31.0 Å². The van der Waals surface area contributed by atoms with E-state index in [1.807, 2.05) is 0 Å². The normalized spacial score (nSPS) is 15.6. The van der Waals surface area contributed by atoms with Crippen LogP contribution in [-0.2, 0) is 4.79 Å². The van der Waals surface area contributed by atoms with Crippen LogP contribution in [0.3, 0.4) is 0 Å². The lowest BCUT2D eigenvalue weighted by Crippen LogP contribution is -2.37. The molecule has 1 amide bonds. The average molecular weight is 279 g/mol. The Morgan fingerprint density at radius 3 is 2.35 bits per heavy atom. The molecule has 5 heteroatoms. The number of benzene rings is 1. The molecule has 1 aromatic carbocycles. The number of carbonyl (C=O) groups is 2. The van der Waals surface area contributed by atoms with Gasteiger partial charge in [0.1, 0.15) is 0 Å². The SMILES string of the molecule is COc1ccc(C(=O)C(=O)N2CCCCCC2)cc1F. The van der Waals surface area contributed by atoms with E-state index in [2.05, 4.69) is 0 Å². The van der Waals surface area contributed by atoms with E-state index in [4.69, 9.17) is 4.74 Å². The first-order valence-electron chi connectivity index (χ1n) is 6.80. The van der Waals surface area contributed by atoms with Gasteiger partial charge in [0.05, 0.1) is 7.11 Å². The fourth-order valence-corrected chi connectivity index (χ4v) is 2.35. The summed E-state index contributed by atoms with van der Waals surface area (Å²) in [4.78, 5) is 25.8. The van der Waals surface area contributed by atoms with Crippen molar-refractivity contribution in [3.63, 3.8) is 0 Å². The largest absolute Gasteiger partial charge is 0.494 e. The third kappa shape index (κ3) is 3.15. The summed E-state index contributed by atoms with van der Waals surface area (Å²) in [5, 5.41) is 0. The predicted molar refractivity (Wildman–Crippen MR) is 72.3 cm³/mol. The Balaban J connectivity index is 2.13. The maximum atomic E-state index is 13.6. The zero-order valence-corrected chi connectivity index (χ0v) is 11.5. The average Bonchev–Trinajstić information content (AvgIpc) is 2.74. The molecule has 0 saturated carbocycles. The Hall–Kier alpha value is -1.91. The number of carbonyl (C=O) groups excluding carboxylic acids is 2. The lowest BCUT2D eigenvalue weighted by Gasteiger charge is -2.19. The Bertz CT molecular complexity index is 508. The number of methoxy groups -OCH3 is 1. The first-order chi connectivity index (χ1) is 9.63. The van der Waals surface area contributed by atoms with Crippen LogP contribution in [0.25, 0.3) is 0 Å². The van der Waals surface area contributed by atoms with E-state index in [9.17, 15) is 14.0 Å². The van der Waals surface area contributed by atoms with Crippen LogP contribution in [0.15, 0.2) is 18.2 Å². The second kappa shape index (κ2) is 6.50. The van der Waals surface area contributed by atoms with Crippen LogP contribution in [0.4, 0.5) is 4.39 Å². The summed E-state index contributed by atoms with van der Waals surface area (Å²) < 4.78 is 18.4. The Morgan fingerprint density at radius 1 is 1.15 bits per heavy atom. The summed E-state index contributed by atoms with van der Waals surface area (Å²) in [6.07, 6.45) is 3.98. The van der Waals surface area contributed by atoms with E-state index in [0.29, 0.717) is 13.1 Å². The van der Waals surface area contributed by atoms with Crippen molar-refractivity contribution in [2.45, 2.75) is 25.7 Å². The van der Waals surface area contributed by atoms with E-state index < -0.39 is 17.5 Å². The van der Waals surface area contributed by atoms with E-state index in [-0.39, 0.29) is 11.3 Å². The molecule has 0 spiro atoms. The van der Waals surface area contributed by atoms with Gasteiger partial charge in [-0.25, -0.2) is 4.39 Å². The van der Waals surface area contributed by atoms with Crippen LogP contribution in [0.2, 0.25) is 0 Å². The van der Waals surface area contributed by atoms with Crippen molar-refractivity contribution in [3.8, 4) is 5.75 Å². The van der Waals surface area contributed by atoms with Gasteiger partial charge < -0.3 is 9.64 Å². The smallest absolute Gasteiger partial charge is 0.294 e. The highest BCUT2D eigenvalue weighted by molar-refractivity contribution is 6.42. The molecule has 1 heterocycles. The molecule has 108 valence electrons. The van der Waals surface area contributed by atoms with Crippen molar-refractivity contribution in [2.75, 3.05) is 20.2 Å². The molecule has 0 unspecified atom stereocenters. The van der Waals surface area contributed by atoms with Crippen molar-refractivity contribution >= 4 is 11.7 Å². The first kappa shape index (κ1) is 14.5. The van der Waals surface area contributed by atoms with Crippen molar-refractivity contribution in [1.29, 1.82) is 0 Å². The molecule has 0 aliphatic carbocycles. The number of likely N-dealkylation sites (tertiary alicyclic amines) is 1. The molecule has 2 rings (SSSR count). The highest BCUT2D eigenvalue weighted by atomic mass is 19.1. The second-order valence-corrected chi connectivity index (χ2v) is 4.88. The van der Waals surface area contributed by atoms with Crippen LogP contribution < -0.4 is 4.74 Å². The van der Waals surface area contributed by atoms with E-state index in [1.165, 1.54) is 19.2 Å². The summed E-state index contributed by atoms with van der Waals surface area (Å²) in [5.74, 6) is -1.78. The lowest BCUT2D eigenvalue weighted by atomic mass is 10.1. The highest BCUT2D eigenvalue weighted by Crippen LogP contribution is 2.19. The number of halogens is 1. The van der Waals surface area contributed by atoms with Crippen LogP contribution in [0.5, 0.6) is 5.75 Å². The molecular weight excluding hydrogens is 261 g/mol. The molecule has 0 aromatic heterocycles. The third-order valence-electron chi connectivity index (χ3n) is 3.50. The quantitative estimate of drug-likeness (QED) is 0.630. The minimum absolute atomic E-state index is 0.0590. The summed E-state index contributed by atoms with van der Waals surface area (Å²) in [5.41, 5.74) is 0.0672. The number of ketones is 1. The van der Waals surface area contributed by atoms with Gasteiger partial charge in [-0.2, -0.15) is 0 Å². The number of Topliss-reactive ketones (excluding diaryl/α,β-unsaturated/α-hetero) is 1. The number of hydrogen-bond acceptors (Lipinski definition) is 3. The summed E-state index contributed by atoms with van der Waals surface area (Å²) in [7, 11) is 1.35. The molecule has 0 bridgehead atoms. The van der Waals surface area contributed by atoms with Gasteiger partial charge in [0.15, 0.2) is 11.6 Å². The van der Waals surface area contributed by atoms with Crippen LogP contribution in [-0.4, -0.2) is 36.8 Å². The lowest BCUT2D eigenvalue weighted by molar-refractivity contribution is -0.126. The van der Waals surface area contributed by atoms with Gasteiger partial charge in [0.2, 0.25) is 5.78 Å². The number of rotatable bonds is 3. The fourth-order valence-electron chi connectivity index (χ4n) is 2.35. The maximum absolute atomic E-state index is 13.6. The molecular formula is C15H18FNO3. The molecule has 0 atom stereocenters.